The Hall–Kier alpha value is -1.96. The van der Waals surface area contributed by atoms with Gasteiger partial charge in [0.1, 0.15) is 0 Å². The van der Waals surface area contributed by atoms with Crippen molar-refractivity contribution in [1.29, 1.82) is 0 Å². The van der Waals surface area contributed by atoms with E-state index < -0.39 is 0 Å². The lowest BCUT2D eigenvalue weighted by Gasteiger charge is -2.25. The Bertz CT molecular complexity index is 667. The highest BCUT2D eigenvalue weighted by molar-refractivity contribution is 5.98. The second-order valence-corrected chi connectivity index (χ2v) is 8.18. The van der Waals surface area contributed by atoms with Crippen molar-refractivity contribution in [3.8, 4) is 0 Å². The van der Waals surface area contributed by atoms with Gasteiger partial charge in [-0.2, -0.15) is 0 Å². The van der Waals surface area contributed by atoms with Crippen molar-refractivity contribution in [2.45, 2.75) is 59.3 Å². The highest BCUT2D eigenvalue weighted by Crippen LogP contribution is 2.33. The number of benzene rings is 1. The molecule has 0 aliphatic heterocycles. The minimum absolute atomic E-state index is 0.102. The highest BCUT2D eigenvalue weighted by atomic mass is 14.8. The van der Waals surface area contributed by atoms with Gasteiger partial charge >= 0.3 is 0 Å². The standard InChI is InChI=1S/C21H28N2/c1-15(19-10-8-9-11-22-19)23-18-13-16(20(2,3)4)12-17(14-18)21(5,6)7/h8-14H,1-7H3/b23-15+. The average Bonchev–Trinajstić information content (AvgIpc) is 2.46. The maximum Gasteiger partial charge on any atom is 0.0841 e. The molecule has 0 unspecified atom stereocenters. The number of aromatic nitrogens is 1. The number of aliphatic imine (C=N–C) groups is 1. The predicted octanol–water partition coefficient (Wildman–Crippen LogP) is 5.82. The molecule has 1 heterocycles. The maximum atomic E-state index is 4.83. The first-order valence-electron chi connectivity index (χ1n) is 8.20. The number of hydrogen-bond donors (Lipinski definition) is 0. The van der Waals surface area contributed by atoms with E-state index in [0.717, 1.165) is 17.1 Å². The Labute approximate surface area is 140 Å². The molecule has 0 radical (unpaired) electrons. The van der Waals surface area contributed by atoms with E-state index in [4.69, 9.17) is 4.99 Å². The van der Waals surface area contributed by atoms with Gasteiger partial charge in [-0.05, 0) is 53.1 Å². The first kappa shape index (κ1) is 17.4. The van der Waals surface area contributed by atoms with Crippen molar-refractivity contribution >= 4 is 11.4 Å². The smallest absolute Gasteiger partial charge is 0.0841 e. The maximum absolute atomic E-state index is 4.83. The van der Waals surface area contributed by atoms with Crippen LogP contribution in [0.1, 0.15) is 65.3 Å². The zero-order chi connectivity index (χ0) is 17.3. The fourth-order valence-corrected chi connectivity index (χ4v) is 2.37. The van der Waals surface area contributed by atoms with Crippen LogP contribution in [0, 0.1) is 0 Å². The molecule has 0 aliphatic carbocycles. The van der Waals surface area contributed by atoms with E-state index in [0.29, 0.717) is 0 Å². The van der Waals surface area contributed by atoms with E-state index in [1.165, 1.54) is 11.1 Å². The van der Waals surface area contributed by atoms with Gasteiger partial charge in [0.15, 0.2) is 0 Å². The van der Waals surface area contributed by atoms with E-state index in [-0.39, 0.29) is 10.8 Å². The topological polar surface area (TPSA) is 25.2 Å². The molecule has 0 N–H and O–H groups in total. The Morgan fingerprint density at radius 3 is 1.87 bits per heavy atom. The Kier molecular flexibility index (Phi) is 4.74. The SMILES string of the molecule is C/C(=N\c1cc(C(C)(C)C)cc(C(C)(C)C)c1)c1ccccn1. The summed E-state index contributed by atoms with van der Waals surface area (Å²) in [6.45, 7) is 15.5. The van der Waals surface area contributed by atoms with Crippen LogP contribution < -0.4 is 0 Å². The van der Waals surface area contributed by atoms with Gasteiger partial charge in [-0.25, -0.2) is 0 Å². The van der Waals surface area contributed by atoms with Crippen LogP contribution in [0.15, 0.2) is 47.6 Å². The molecule has 0 fully saturated rings. The quantitative estimate of drug-likeness (QED) is 0.642. The van der Waals surface area contributed by atoms with E-state index >= 15 is 0 Å². The van der Waals surface area contributed by atoms with Gasteiger partial charge in [0.2, 0.25) is 0 Å². The van der Waals surface area contributed by atoms with E-state index in [1.807, 2.05) is 25.1 Å². The van der Waals surface area contributed by atoms with Crippen molar-refractivity contribution < 1.29 is 0 Å². The van der Waals surface area contributed by atoms with Crippen LogP contribution in [-0.2, 0) is 10.8 Å². The number of nitrogens with zero attached hydrogens (tertiary/aromatic N) is 2. The highest BCUT2D eigenvalue weighted by Gasteiger charge is 2.20. The molecule has 0 saturated carbocycles. The van der Waals surface area contributed by atoms with E-state index in [1.54, 1.807) is 6.20 Å². The molecule has 2 nitrogen and oxygen atoms in total. The summed E-state index contributed by atoms with van der Waals surface area (Å²) >= 11 is 0. The third kappa shape index (κ3) is 4.51. The summed E-state index contributed by atoms with van der Waals surface area (Å²) in [5.41, 5.74) is 5.71. The van der Waals surface area contributed by atoms with Gasteiger partial charge < -0.3 is 0 Å². The summed E-state index contributed by atoms with van der Waals surface area (Å²) in [5, 5.41) is 0. The molecule has 23 heavy (non-hydrogen) atoms. The summed E-state index contributed by atoms with van der Waals surface area (Å²) in [5.74, 6) is 0. The molecule has 0 saturated heterocycles. The van der Waals surface area contributed by atoms with Crippen LogP contribution >= 0.6 is 0 Å². The molecule has 0 atom stereocenters. The fraction of sp³-hybridized carbons (Fsp3) is 0.429. The van der Waals surface area contributed by atoms with E-state index in [9.17, 15) is 0 Å². The van der Waals surface area contributed by atoms with Crippen LogP contribution in [0.5, 0.6) is 0 Å². The van der Waals surface area contributed by atoms with Crippen molar-refractivity contribution in [1.82, 2.24) is 4.98 Å². The molecule has 0 bridgehead atoms. The fourth-order valence-electron chi connectivity index (χ4n) is 2.37. The second kappa shape index (κ2) is 6.27. The Balaban J connectivity index is 2.54. The number of pyridine rings is 1. The minimum atomic E-state index is 0.102. The van der Waals surface area contributed by atoms with Crippen LogP contribution in [0.25, 0.3) is 0 Å². The van der Waals surface area contributed by atoms with Crippen LogP contribution in [0.4, 0.5) is 5.69 Å². The van der Waals surface area contributed by atoms with Gasteiger partial charge in [-0.15, -0.1) is 0 Å². The lowest BCUT2D eigenvalue weighted by Crippen LogP contribution is -2.16. The Morgan fingerprint density at radius 2 is 1.43 bits per heavy atom. The van der Waals surface area contributed by atoms with Gasteiger partial charge in [-0.1, -0.05) is 53.7 Å². The summed E-state index contributed by atoms with van der Waals surface area (Å²) in [7, 11) is 0. The van der Waals surface area contributed by atoms with Crippen molar-refractivity contribution in [3.05, 3.63) is 59.4 Å². The largest absolute Gasteiger partial charge is 0.255 e. The van der Waals surface area contributed by atoms with Crippen LogP contribution in [-0.4, -0.2) is 10.7 Å². The van der Waals surface area contributed by atoms with Crippen molar-refractivity contribution in [2.75, 3.05) is 0 Å². The monoisotopic (exact) mass is 308 g/mol. The molecule has 0 amide bonds. The summed E-state index contributed by atoms with van der Waals surface area (Å²) in [6.07, 6.45) is 1.81. The third-order valence-electron chi connectivity index (χ3n) is 3.98. The van der Waals surface area contributed by atoms with Crippen molar-refractivity contribution in [2.24, 2.45) is 4.99 Å². The van der Waals surface area contributed by atoms with Crippen LogP contribution in [0.2, 0.25) is 0 Å². The van der Waals surface area contributed by atoms with Gasteiger partial charge in [-0.3, -0.25) is 9.98 Å². The normalized spacial score (nSPS) is 13.3. The molecular formula is C21H28N2. The third-order valence-corrected chi connectivity index (χ3v) is 3.98. The molecular weight excluding hydrogens is 280 g/mol. The summed E-state index contributed by atoms with van der Waals surface area (Å²) in [4.78, 5) is 9.22. The minimum Gasteiger partial charge on any atom is -0.255 e. The van der Waals surface area contributed by atoms with Crippen LogP contribution in [0.3, 0.4) is 0 Å². The van der Waals surface area contributed by atoms with Gasteiger partial charge in [0.05, 0.1) is 17.1 Å². The average molecular weight is 308 g/mol. The molecule has 2 rings (SSSR count). The lowest BCUT2D eigenvalue weighted by atomic mass is 9.80. The van der Waals surface area contributed by atoms with E-state index in [2.05, 4.69) is 64.7 Å². The first-order chi connectivity index (χ1) is 10.6. The lowest BCUT2D eigenvalue weighted by molar-refractivity contribution is 0.569. The zero-order valence-corrected chi connectivity index (χ0v) is 15.4. The van der Waals surface area contributed by atoms with Gasteiger partial charge in [0.25, 0.3) is 0 Å². The molecule has 122 valence electrons. The zero-order valence-electron chi connectivity index (χ0n) is 15.4. The second-order valence-electron chi connectivity index (χ2n) is 8.18. The number of hydrogen-bond acceptors (Lipinski definition) is 2. The molecule has 0 aliphatic rings. The molecule has 2 aromatic rings. The van der Waals surface area contributed by atoms with Gasteiger partial charge in [0, 0.05) is 6.20 Å². The molecule has 1 aromatic carbocycles. The summed E-state index contributed by atoms with van der Waals surface area (Å²) < 4.78 is 0. The predicted molar refractivity (Wildman–Crippen MR) is 100.0 cm³/mol. The summed E-state index contributed by atoms with van der Waals surface area (Å²) in [6, 6.07) is 12.6. The number of rotatable bonds is 2. The Morgan fingerprint density at radius 1 is 0.870 bits per heavy atom. The van der Waals surface area contributed by atoms with Crippen molar-refractivity contribution in [3.63, 3.8) is 0 Å². The molecule has 1 aromatic heterocycles. The molecule has 0 spiro atoms. The molecule has 2 heteroatoms. The first-order valence-corrected chi connectivity index (χ1v) is 8.20.